The SMILES string of the molecule is CC(NC1CC1)C(=O)N1CCCC1(C)Cc1ccccc1Cl. The first-order valence-corrected chi connectivity index (χ1v) is 8.68. The first-order chi connectivity index (χ1) is 10.5. The maximum atomic E-state index is 12.8. The average molecular weight is 321 g/mol. The van der Waals surface area contributed by atoms with Crippen molar-refractivity contribution in [2.75, 3.05) is 6.54 Å². The zero-order valence-corrected chi connectivity index (χ0v) is 14.2. The van der Waals surface area contributed by atoms with Crippen molar-refractivity contribution in [1.82, 2.24) is 10.2 Å². The van der Waals surface area contributed by atoms with Gasteiger partial charge in [-0.25, -0.2) is 0 Å². The van der Waals surface area contributed by atoms with Gasteiger partial charge in [-0.1, -0.05) is 29.8 Å². The predicted molar refractivity (Wildman–Crippen MR) is 90.1 cm³/mol. The lowest BCUT2D eigenvalue weighted by molar-refractivity contribution is -0.136. The molecule has 3 nitrogen and oxygen atoms in total. The van der Waals surface area contributed by atoms with Gasteiger partial charge in [0.1, 0.15) is 0 Å². The molecule has 1 N–H and O–H groups in total. The van der Waals surface area contributed by atoms with Gasteiger partial charge in [-0.15, -0.1) is 0 Å². The van der Waals surface area contributed by atoms with E-state index in [2.05, 4.69) is 23.2 Å². The fourth-order valence-electron chi connectivity index (χ4n) is 3.54. The topological polar surface area (TPSA) is 32.3 Å². The number of hydrogen-bond acceptors (Lipinski definition) is 2. The van der Waals surface area contributed by atoms with Crippen LogP contribution < -0.4 is 5.32 Å². The Morgan fingerprint density at radius 3 is 2.86 bits per heavy atom. The van der Waals surface area contributed by atoms with E-state index in [1.54, 1.807) is 0 Å². The van der Waals surface area contributed by atoms with E-state index in [1.165, 1.54) is 12.8 Å². The van der Waals surface area contributed by atoms with Crippen LogP contribution in [0.4, 0.5) is 0 Å². The lowest BCUT2D eigenvalue weighted by atomic mass is 9.89. The second-order valence-corrected chi connectivity index (χ2v) is 7.43. The summed E-state index contributed by atoms with van der Waals surface area (Å²) in [5, 5.41) is 4.22. The van der Waals surface area contributed by atoms with Gasteiger partial charge in [0.25, 0.3) is 0 Å². The van der Waals surface area contributed by atoms with Crippen LogP contribution in [0.15, 0.2) is 24.3 Å². The number of nitrogens with one attached hydrogen (secondary N) is 1. The summed E-state index contributed by atoms with van der Waals surface area (Å²) in [6, 6.07) is 8.43. The maximum absolute atomic E-state index is 12.8. The Hall–Kier alpha value is -1.06. The Labute approximate surface area is 138 Å². The highest BCUT2D eigenvalue weighted by molar-refractivity contribution is 6.31. The largest absolute Gasteiger partial charge is 0.336 e. The monoisotopic (exact) mass is 320 g/mol. The van der Waals surface area contributed by atoms with Crippen LogP contribution in [0, 0.1) is 0 Å². The standard InChI is InChI=1S/C18H25ClN2O/c1-13(20-15-8-9-15)17(22)21-11-5-10-18(21,2)12-14-6-3-4-7-16(14)19/h3-4,6-7,13,15,20H,5,8-12H2,1-2H3. The van der Waals surface area contributed by atoms with E-state index in [4.69, 9.17) is 11.6 Å². The lowest BCUT2D eigenvalue weighted by Crippen LogP contribution is -2.53. The summed E-state index contributed by atoms with van der Waals surface area (Å²) in [5.74, 6) is 0.235. The van der Waals surface area contributed by atoms with E-state index in [-0.39, 0.29) is 17.5 Å². The molecule has 2 unspecified atom stereocenters. The van der Waals surface area contributed by atoms with E-state index in [1.807, 2.05) is 25.1 Å². The average Bonchev–Trinajstić information content (AvgIpc) is 3.21. The van der Waals surface area contributed by atoms with E-state index in [9.17, 15) is 4.79 Å². The Balaban J connectivity index is 1.73. The van der Waals surface area contributed by atoms with Gasteiger partial charge in [0, 0.05) is 23.1 Å². The van der Waals surface area contributed by atoms with Gasteiger partial charge in [-0.2, -0.15) is 0 Å². The third-order valence-electron chi connectivity index (χ3n) is 4.98. The van der Waals surface area contributed by atoms with Crippen molar-refractivity contribution in [2.24, 2.45) is 0 Å². The summed E-state index contributed by atoms with van der Waals surface area (Å²) in [6.07, 6.45) is 5.35. The van der Waals surface area contributed by atoms with Gasteiger partial charge in [0.2, 0.25) is 5.91 Å². The molecule has 3 rings (SSSR count). The molecular formula is C18H25ClN2O. The lowest BCUT2D eigenvalue weighted by Gasteiger charge is -2.37. The molecule has 1 aliphatic heterocycles. The molecular weight excluding hydrogens is 296 g/mol. The number of benzene rings is 1. The molecule has 0 spiro atoms. The minimum atomic E-state index is -0.123. The molecule has 1 amide bonds. The smallest absolute Gasteiger partial charge is 0.239 e. The first kappa shape index (κ1) is 15.8. The highest BCUT2D eigenvalue weighted by Gasteiger charge is 2.41. The van der Waals surface area contributed by atoms with Crippen molar-refractivity contribution in [3.63, 3.8) is 0 Å². The van der Waals surface area contributed by atoms with Gasteiger partial charge >= 0.3 is 0 Å². The summed E-state index contributed by atoms with van der Waals surface area (Å²) in [7, 11) is 0. The van der Waals surface area contributed by atoms with Gasteiger partial charge in [0.15, 0.2) is 0 Å². The second kappa shape index (κ2) is 6.21. The molecule has 1 aromatic carbocycles. The Morgan fingerprint density at radius 1 is 1.45 bits per heavy atom. The molecule has 1 saturated carbocycles. The van der Waals surface area contributed by atoms with Crippen molar-refractivity contribution in [3.05, 3.63) is 34.9 Å². The van der Waals surface area contributed by atoms with Crippen molar-refractivity contribution < 1.29 is 4.79 Å². The third-order valence-corrected chi connectivity index (χ3v) is 5.35. The van der Waals surface area contributed by atoms with Crippen LogP contribution in [0.1, 0.15) is 45.1 Å². The molecule has 2 atom stereocenters. The zero-order chi connectivity index (χ0) is 15.7. The zero-order valence-electron chi connectivity index (χ0n) is 13.4. The number of carbonyl (C=O) groups excluding carboxylic acids is 1. The van der Waals surface area contributed by atoms with Crippen LogP contribution in [0.5, 0.6) is 0 Å². The summed E-state index contributed by atoms with van der Waals surface area (Å²) in [5.41, 5.74) is 1.01. The molecule has 0 aromatic heterocycles. The molecule has 2 fully saturated rings. The molecule has 120 valence electrons. The summed E-state index contributed by atoms with van der Waals surface area (Å²) < 4.78 is 0. The molecule has 1 aromatic rings. The number of rotatable bonds is 5. The minimum absolute atomic E-state index is 0.0869. The normalized spacial score (nSPS) is 26.2. The molecule has 1 aliphatic carbocycles. The molecule has 2 aliphatic rings. The van der Waals surface area contributed by atoms with Crippen LogP contribution in [0.25, 0.3) is 0 Å². The quantitative estimate of drug-likeness (QED) is 0.901. The van der Waals surface area contributed by atoms with Crippen molar-refractivity contribution in [2.45, 2.75) is 63.6 Å². The number of halogens is 1. The fraction of sp³-hybridized carbons (Fsp3) is 0.611. The molecule has 22 heavy (non-hydrogen) atoms. The summed E-state index contributed by atoms with van der Waals surface area (Å²) in [4.78, 5) is 14.9. The summed E-state index contributed by atoms with van der Waals surface area (Å²) in [6.45, 7) is 5.05. The third kappa shape index (κ3) is 3.31. The van der Waals surface area contributed by atoms with Gasteiger partial charge < -0.3 is 10.2 Å². The Morgan fingerprint density at radius 2 is 2.18 bits per heavy atom. The van der Waals surface area contributed by atoms with E-state index in [0.717, 1.165) is 36.4 Å². The van der Waals surface area contributed by atoms with E-state index < -0.39 is 0 Å². The first-order valence-electron chi connectivity index (χ1n) is 8.30. The molecule has 0 bridgehead atoms. The fourth-order valence-corrected chi connectivity index (χ4v) is 3.75. The van der Waals surface area contributed by atoms with Crippen LogP contribution >= 0.6 is 11.6 Å². The Kier molecular flexibility index (Phi) is 4.47. The second-order valence-electron chi connectivity index (χ2n) is 7.02. The number of amides is 1. The van der Waals surface area contributed by atoms with Gasteiger partial charge in [-0.3, -0.25) is 4.79 Å². The van der Waals surface area contributed by atoms with Crippen LogP contribution in [0.3, 0.4) is 0 Å². The molecule has 1 saturated heterocycles. The molecule has 0 radical (unpaired) electrons. The maximum Gasteiger partial charge on any atom is 0.239 e. The van der Waals surface area contributed by atoms with Gasteiger partial charge in [-0.05, 0) is 57.6 Å². The number of nitrogens with zero attached hydrogens (tertiary/aromatic N) is 1. The van der Waals surface area contributed by atoms with Crippen molar-refractivity contribution in [3.8, 4) is 0 Å². The van der Waals surface area contributed by atoms with Crippen LogP contribution in [-0.2, 0) is 11.2 Å². The number of carbonyl (C=O) groups is 1. The number of likely N-dealkylation sites (tertiary alicyclic amines) is 1. The van der Waals surface area contributed by atoms with Crippen LogP contribution in [0.2, 0.25) is 5.02 Å². The van der Waals surface area contributed by atoms with Crippen molar-refractivity contribution >= 4 is 17.5 Å². The predicted octanol–water partition coefficient (Wildman–Crippen LogP) is 3.40. The minimum Gasteiger partial charge on any atom is -0.336 e. The van der Waals surface area contributed by atoms with Crippen molar-refractivity contribution in [1.29, 1.82) is 0 Å². The number of hydrogen-bond donors (Lipinski definition) is 1. The Bertz CT molecular complexity index is 558. The van der Waals surface area contributed by atoms with E-state index in [0.29, 0.717) is 6.04 Å². The molecule has 1 heterocycles. The van der Waals surface area contributed by atoms with E-state index >= 15 is 0 Å². The van der Waals surface area contributed by atoms with Gasteiger partial charge in [0.05, 0.1) is 6.04 Å². The summed E-state index contributed by atoms with van der Waals surface area (Å²) >= 11 is 6.32. The molecule has 4 heteroatoms. The highest BCUT2D eigenvalue weighted by atomic mass is 35.5. The highest BCUT2D eigenvalue weighted by Crippen LogP contribution is 2.34. The van der Waals surface area contributed by atoms with Crippen LogP contribution in [-0.4, -0.2) is 35.0 Å².